The van der Waals surface area contributed by atoms with Crippen molar-refractivity contribution in [3.8, 4) is 0 Å². The maximum Gasteiger partial charge on any atom is 0.330 e. The van der Waals surface area contributed by atoms with E-state index in [1.54, 1.807) is 0 Å². The molecule has 1 aliphatic carbocycles. The molecular formula is C13H18N4O2. The molecule has 0 spiro atoms. The van der Waals surface area contributed by atoms with Crippen LogP contribution in [0, 0.1) is 0 Å². The number of hydrogen-bond acceptors (Lipinski definition) is 3. The van der Waals surface area contributed by atoms with Gasteiger partial charge < -0.3 is 4.98 Å². The molecule has 0 amide bonds. The molecule has 2 aromatic heterocycles. The van der Waals surface area contributed by atoms with Gasteiger partial charge in [-0.15, -0.1) is 0 Å². The van der Waals surface area contributed by atoms with Crippen molar-refractivity contribution in [2.45, 2.75) is 51.5 Å². The Balaban J connectivity index is 2.14. The summed E-state index contributed by atoms with van der Waals surface area (Å²) in [5, 5.41) is 0. The highest BCUT2D eigenvalue weighted by Gasteiger charge is 2.21. The normalized spacial score (nSPS) is 16.5. The summed E-state index contributed by atoms with van der Waals surface area (Å²) in [6.07, 6.45) is 5.37. The van der Waals surface area contributed by atoms with E-state index in [-0.39, 0.29) is 11.2 Å². The fourth-order valence-corrected chi connectivity index (χ4v) is 2.85. The van der Waals surface area contributed by atoms with Crippen LogP contribution in [0.4, 0.5) is 0 Å². The van der Waals surface area contributed by atoms with E-state index in [2.05, 4.69) is 15.0 Å². The molecule has 6 nitrogen and oxygen atoms in total. The SMILES string of the molecule is CCCn1c(=O)[nH]c2nc(C3CCCC3)[nH]c2c1=O. The van der Waals surface area contributed by atoms with Crippen LogP contribution < -0.4 is 11.2 Å². The minimum Gasteiger partial charge on any atom is -0.336 e. The second-order valence-corrected chi connectivity index (χ2v) is 5.21. The Labute approximate surface area is 109 Å². The van der Waals surface area contributed by atoms with Gasteiger partial charge in [-0.1, -0.05) is 19.8 Å². The van der Waals surface area contributed by atoms with Gasteiger partial charge in [-0.3, -0.25) is 14.3 Å². The lowest BCUT2D eigenvalue weighted by Crippen LogP contribution is -2.34. The molecule has 2 aromatic rings. The fourth-order valence-electron chi connectivity index (χ4n) is 2.85. The standard InChI is InChI=1S/C13H18N4O2/c1-2-7-17-12(18)9-11(16-13(17)19)15-10(14-9)8-5-3-4-6-8/h8H,2-7H2,1H3,(H,14,15)(H,16,19). The number of rotatable bonds is 3. The van der Waals surface area contributed by atoms with E-state index >= 15 is 0 Å². The number of H-pyrrole nitrogens is 2. The second kappa shape index (κ2) is 4.68. The van der Waals surface area contributed by atoms with E-state index in [1.165, 1.54) is 17.4 Å². The zero-order chi connectivity index (χ0) is 13.4. The van der Waals surface area contributed by atoms with Crippen molar-refractivity contribution in [1.82, 2.24) is 19.5 Å². The third-order valence-electron chi connectivity index (χ3n) is 3.84. The third-order valence-corrected chi connectivity index (χ3v) is 3.84. The zero-order valence-corrected chi connectivity index (χ0v) is 11.0. The van der Waals surface area contributed by atoms with Crippen molar-refractivity contribution in [1.29, 1.82) is 0 Å². The zero-order valence-electron chi connectivity index (χ0n) is 11.0. The molecule has 0 radical (unpaired) electrons. The summed E-state index contributed by atoms with van der Waals surface area (Å²) in [5.41, 5.74) is 0.181. The number of nitrogens with zero attached hydrogens (tertiary/aromatic N) is 2. The number of nitrogens with one attached hydrogen (secondary N) is 2. The first kappa shape index (κ1) is 12.2. The van der Waals surface area contributed by atoms with Crippen LogP contribution in [-0.2, 0) is 6.54 Å². The van der Waals surface area contributed by atoms with Gasteiger partial charge in [0.25, 0.3) is 5.56 Å². The number of aromatic amines is 2. The van der Waals surface area contributed by atoms with Crippen molar-refractivity contribution < 1.29 is 0 Å². The maximum absolute atomic E-state index is 12.2. The molecule has 2 heterocycles. The molecule has 3 rings (SSSR count). The van der Waals surface area contributed by atoms with Gasteiger partial charge in [0.1, 0.15) is 11.3 Å². The average molecular weight is 262 g/mol. The predicted molar refractivity (Wildman–Crippen MR) is 72.5 cm³/mol. The maximum atomic E-state index is 12.2. The van der Waals surface area contributed by atoms with Gasteiger partial charge in [-0.2, -0.15) is 0 Å². The van der Waals surface area contributed by atoms with Crippen LogP contribution in [0.3, 0.4) is 0 Å². The van der Waals surface area contributed by atoms with Gasteiger partial charge in [0, 0.05) is 12.5 Å². The Bertz CT molecular complexity index is 703. The minimum atomic E-state index is -0.371. The van der Waals surface area contributed by atoms with Gasteiger partial charge in [0.2, 0.25) is 0 Å². The number of aromatic nitrogens is 4. The Morgan fingerprint density at radius 2 is 2.00 bits per heavy atom. The van der Waals surface area contributed by atoms with Crippen molar-refractivity contribution in [3.05, 3.63) is 26.7 Å². The van der Waals surface area contributed by atoms with E-state index in [9.17, 15) is 9.59 Å². The Morgan fingerprint density at radius 1 is 1.26 bits per heavy atom. The topological polar surface area (TPSA) is 83.5 Å². The number of hydrogen-bond donors (Lipinski definition) is 2. The van der Waals surface area contributed by atoms with Crippen LogP contribution in [-0.4, -0.2) is 19.5 Å². The molecule has 0 unspecified atom stereocenters. The quantitative estimate of drug-likeness (QED) is 0.878. The summed E-state index contributed by atoms with van der Waals surface area (Å²) in [4.78, 5) is 34.3. The summed E-state index contributed by atoms with van der Waals surface area (Å²) in [5.74, 6) is 1.24. The van der Waals surface area contributed by atoms with Gasteiger partial charge in [-0.05, 0) is 19.3 Å². The lowest BCUT2D eigenvalue weighted by Gasteiger charge is -2.02. The van der Waals surface area contributed by atoms with Crippen LogP contribution in [0.25, 0.3) is 11.2 Å². The minimum absolute atomic E-state index is 0.266. The smallest absolute Gasteiger partial charge is 0.330 e. The second-order valence-electron chi connectivity index (χ2n) is 5.21. The van der Waals surface area contributed by atoms with Crippen molar-refractivity contribution in [2.75, 3.05) is 0 Å². The molecular weight excluding hydrogens is 244 g/mol. The number of fused-ring (bicyclic) bond motifs is 1. The summed E-state index contributed by atoms with van der Waals surface area (Å²) in [7, 11) is 0. The molecule has 1 aliphatic rings. The van der Waals surface area contributed by atoms with Gasteiger partial charge >= 0.3 is 5.69 Å². The molecule has 19 heavy (non-hydrogen) atoms. The highest BCUT2D eigenvalue weighted by atomic mass is 16.2. The fraction of sp³-hybridized carbons (Fsp3) is 0.615. The molecule has 1 fully saturated rings. The first-order valence-electron chi connectivity index (χ1n) is 6.93. The average Bonchev–Trinajstić information content (AvgIpc) is 3.02. The molecule has 102 valence electrons. The molecule has 0 saturated heterocycles. The monoisotopic (exact) mass is 262 g/mol. The van der Waals surface area contributed by atoms with E-state index in [0.717, 1.165) is 25.1 Å². The largest absolute Gasteiger partial charge is 0.336 e. The van der Waals surface area contributed by atoms with E-state index in [0.29, 0.717) is 23.6 Å². The van der Waals surface area contributed by atoms with Crippen LogP contribution >= 0.6 is 0 Å². The lowest BCUT2D eigenvalue weighted by molar-refractivity contribution is 0.622. The molecule has 0 atom stereocenters. The van der Waals surface area contributed by atoms with Crippen molar-refractivity contribution in [2.24, 2.45) is 0 Å². The van der Waals surface area contributed by atoms with Gasteiger partial charge in [0.15, 0.2) is 5.65 Å². The number of imidazole rings is 1. The molecule has 1 saturated carbocycles. The first-order valence-corrected chi connectivity index (χ1v) is 6.93. The predicted octanol–water partition coefficient (Wildman–Crippen LogP) is 1.48. The molecule has 0 aliphatic heterocycles. The Kier molecular flexibility index (Phi) is 3.00. The summed E-state index contributed by atoms with van der Waals surface area (Å²) < 4.78 is 1.24. The van der Waals surface area contributed by atoms with Crippen molar-refractivity contribution in [3.63, 3.8) is 0 Å². The summed E-state index contributed by atoms with van der Waals surface area (Å²) in [6.45, 7) is 2.37. The summed E-state index contributed by atoms with van der Waals surface area (Å²) in [6, 6.07) is 0. The van der Waals surface area contributed by atoms with Crippen LogP contribution in [0.2, 0.25) is 0 Å². The van der Waals surface area contributed by atoms with Crippen LogP contribution in [0.5, 0.6) is 0 Å². The van der Waals surface area contributed by atoms with Crippen molar-refractivity contribution >= 4 is 11.2 Å². The Hall–Kier alpha value is -1.85. The highest BCUT2D eigenvalue weighted by Crippen LogP contribution is 2.32. The van der Waals surface area contributed by atoms with E-state index in [4.69, 9.17) is 0 Å². The summed E-state index contributed by atoms with van der Waals surface area (Å²) >= 11 is 0. The van der Waals surface area contributed by atoms with Gasteiger partial charge in [0.05, 0.1) is 0 Å². The van der Waals surface area contributed by atoms with Gasteiger partial charge in [-0.25, -0.2) is 9.78 Å². The van der Waals surface area contributed by atoms with E-state index < -0.39 is 0 Å². The molecule has 0 bridgehead atoms. The van der Waals surface area contributed by atoms with Crippen LogP contribution in [0.1, 0.15) is 50.8 Å². The molecule has 2 N–H and O–H groups in total. The Morgan fingerprint density at radius 3 is 2.68 bits per heavy atom. The lowest BCUT2D eigenvalue weighted by atomic mass is 10.1. The molecule has 0 aromatic carbocycles. The first-order chi connectivity index (χ1) is 9.20. The highest BCUT2D eigenvalue weighted by molar-refractivity contribution is 5.68. The third kappa shape index (κ3) is 2.01. The van der Waals surface area contributed by atoms with Crippen LogP contribution in [0.15, 0.2) is 9.59 Å². The van der Waals surface area contributed by atoms with E-state index in [1.807, 2.05) is 6.92 Å². The molecule has 6 heteroatoms.